The fourth-order valence-corrected chi connectivity index (χ4v) is 1.49. The van der Waals surface area contributed by atoms with Crippen LogP contribution in [0.1, 0.15) is 11.1 Å². The van der Waals surface area contributed by atoms with E-state index < -0.39 is 5.97 Å². The van der Waals surface area contributed by atoms with Crippen molar-refractivity contribution in [1.29, 1.82) is 0 Å². The SMILES string of the molecule is O=C(O)C#Cc1ccc(COc2ccccc2)cc1. The number of carboxylic acid groups (broad SMARTS) is 1. The molecule has 0 saturated heterocycles. The van der Waals surface area contributed by atoms with Gasteiger partial charge in [0.2, 0.25) is 0 Å². The standard InChI is InChI=1S/C16H12O3/c17-16(18)11-10-13-6-8-14(9-7-13)12-19-15-4-2-1-3-5-15/h1-9H,12H2,(H,17,18). The molecule has 0 bridgehead atoms. The van der Waals surface area contributed by atoms with Crippen molar-refractivity contribution >= 4 is 5.97 Å². The number of para-hydroxylation sites is 1. The number of aliphatic carboxylic acids is 1. The van der Waals surface area contributed by atoms with Crippen LogP contribution in [0.4, 0.5) is 0 Å². The second-order valence-electron chi connectivity index (χ2n) is 3.85. The Morgan fingerprint density at radius 3 is 2.37 bits per heavy atom. The molecule has 0 unspecified atom stereocenters. The van der Waals surface area contributed by atoms with E-state index in [9.17, 15) is 4.79 Å². The van der Waals surface area contributed by atoms with Gasteiger partial charge in [0.25, 0.3) is 0 Å². The third-order valence-corrected chi connectivity index (χ3v) is 2.42. The summed E-state index contributed by atoms with van der Waals surface area (Å²) in [6.45, 7) is 0.469. The third kappa shape index (κ3) is 4.21. The van der Waals surface area contributed by atoms with E-state index >= 15 is 0 Å². The molecule has 1 N–H and O–H groups in total. The molecule has 19 heavy (non-hydrogen) atoms. The largest absolute Gasteiger partial charge is 0.489 e. The van der Waals surface area contributed by atoms with Crippen molar-refractivity contribution in [3.63, 3.8) is 0 Å². The van der Waals surface area contributed by atoms with Gasteiger partial charge in [-0.15, -0.1) is 0 Å². The number of hydrogen-bond acceptors (Lipinski definition) is 2. The maximum Gasteiger partial charge on any atom is 0.382 e. The highest BCUT2D eigenvalue weighted by molar-refractivity contribution is 5.87. The van der Waals surface area contributed by atoms with Crippen LogP contribution in [0.3, 0.4) is 0 Å². The van der Waals surface area contributed by atoms with Crippen LogP contribution < -0.4 is 4.74 Å². The molecule has 0 aromatic heterocycles. The first-order chi connectivity index (χ1) is 9.24. The maximum atomic E-state index is 10.3. The van der Waals surface area contributed by atoms with Gasteiger partial charge in [-0.25, -0.2) is 4.79 Å². The van der Waals surface area contributed by atoms with E-state index in [-0.39, 0.29) is 0 Å². The van der Waals surface area contributed by atoms with Crippen LogP contribution >= 0.6 is 0 Å². The van der Waals surface area contributed by atoms with Crippen molar-refractivity contribution < 1.29 is 14.6 Å². The predicted molar refractivity (Wildman–Crippen MR) is 71.7 cm³/mol. The Morgan fingerprint density at radius 1 is 1.05 bits per heavy atom. The Labute approximate surface area is 111 Å². The first-order valence-corrected chi connectivity index (χ1v) is 5.76. The molecule has 0 fully saturated rings. The molecule has 2 aromatic carbocycles. The summed E-state index contributed by atoms with van der Waals surface area (Å²) in [5, 5.41) is 8.45. The summed E-state index contributed by atoms with van der Waals surface area (Å²) < 4.78 is 5.60. The van der Waals surface area contributed by atoms with Gasteiger partial charge in [0.05, 0.1) is 0 Å². The lowest BCUT2D eigenvalue weighted by molar-refractivity contribution is -0.130. The zero-order valence-corrected chi connectivity index (χ0v) is 10.2. The van der Waals surface area contributed by atoms with Crippen molar-refractivity contribution in [1.82, 2.24) is 0 Å². The molecule has 2 aromatic rings. The molecule has 0 amide bonds. The van der Waals surface area contributed by atoms with Crippen LogP contribution in [0, 0.1) is 11.8 Å². The van der Waals surface area contributed by atoms with Crippen LogP contribution in [0.2, 0.25) is 0 Å². The molecule has 0 saturated carbocycles. The van der Waals surface area contributed by atoms with Gasteiger partial charge in [-0.05, 0) is 29.8 Å². The Bertz CT molecular complexity index is 604. The van der Waals surface area contributed by atoms with E-state index in [1.807, 2.05) is 42.5 Å². The lowest BCUT2D eigenvalue weighted by Gasteiger charge is -2.05. The number of benzene rings is 2. The Balaban J connectivity index is 1.96. The van der Waals surface area contributed by atoms with Gasteiger partial charge in [0, 0.05) is 11.5 Å². The molecule has 0 aliphatic heterocycles. The highest BCUT2D eigenvalue weighted by atomic mass is 16.5. The summed E-state index contributed by atoms with van der Waals surface area (Å²) in [5.74, 6) is 4.32. The van der Waals surface area contributed by atoms with Gasteiger partial charge in [0.1, 0.15) is 12.4 Å². The molecular weight excluding hydrogens is 240 g/mol. The van der Waals surface area contributed by atoms with Gasteiger partial charge < -0.3 is 9.84 Å². The van der Waals surface area contributed by atoms with Gasteiger partial charge in [-0.3, -0.25) is 0 Å². The second-order valence-corrected chi connectivity index (χ2v) is 3.85. The summed E-state index contributed by atoms with van der Waals surface area (Å²) >= 11 is 0. The zero-order chi connectivity index (χ0) is 13.5. The third-order valence-electron chi connectivity index (χ3n) is 2.42. The van der Waals surface area contributed by atoms with E-state index in [2.05, 4.69) is 11.8 Å². The summed E-state index contributed by atoms with van der Waals surface area (Å²) in [7, 11) is 0. The lowest BCUT2D eigenvalue weighted by atomic mass is 10.1. The van der Waals surface area contributed by atoms with E-state index in [0.29, 0.717) is 12.2 Å². The normalized spacial score (nSPS) is 9.26. The Kier molecular flexibility index (Phi) is 4.20. The molecule has 3 heteroatoms. The second kappa shape index (κ2) is 6.27. The fourth-order valence-electron chi connectivity index (χ4n) is 1.49. The van der Waals surface area contributed by atoms with Crippen LogP contribution in [0.25, 0.3) is 0 Å². The molecule has 2 rings (SSSR count). The monoisotopic (exact) mass is 252 g/mol. The molecule has 3 nitrogen and oxygen atoms in total. The molecule has 0 aliphatic carbocycles. The van der Waals surface area contributed by atoms with Crippen LogP contribution in [-0.2, 0) is 11.4 Å². The van der Waals surface area contributed by atoms with Crippen molar-refractivity contribution in [2.75, 3.05) is 0 Å². The minimum Gasteiger partial charge on any atom is -0.489 e. The van der Waals surface area contributed by atoms with E-state index in [0.717, 1.165) is 11.3 Å². The molecule has 0 spiro atoms. The average molecular weight is 252 g/mol. The zero-order valence-electron chi connectivity index (χ0n) is 10.2. The molecule has 0 aliphatic rings. The van der Waals surface area contributed by atoms with E-state index in [1.54, 1.807) is 12.1 Å². The van der Waals surface area contributed by atoms with Gasteiger partial charge in [0.15, 0.2) is 0 Å². The quantitative estimate of drug-likeness (QED) is 0.854. The molecule has 0 atom stereocenters. The number of ether oxygens (including phenoxy) is 1. The molecule has 0 heterocycles. The lowest BCUT2D eigenvalue weighted by Crippen LogP contribution is -1.95. The van der Waals surface area contributed by atoms with Gasteiger partial charge >= 0.3 is 5.97 Å². The van der Waals surface area contributed by atoms with Crippen LogP contribution in [-0.4, -0.2) is 11.1 Å². The smallest absolute Gasteiger partial charge is 0.382 e. The summed E-state index contributed by atoms with van der Waals surface area (Å²) in [6, 6.07) is 16.9. The predicted octanol–water partition coefficient (Wildman–Crippen LogP) is 2.70. The van der Waals surface area contributed by atoms with Gasteiger partial charge in [-0.1, -0.05) is 36.3 Å². The fraction of sp³-hybridized carbons (Fsp3) is 0.0625. The number of carboxylic acids is 1. The summed E-state index contributed by atoms with van der Waals surface area (Å²) in [5.41, 5.74) is 1.68. The van der Waals surface area contributed by atoms with Crippen LogP contribution in [0.5, 0.6) is 5.75 Å². The maximum absolute atomic E-state index is 10.3. The van der Waals surface area contributed by atoms with E-state index in [1.165, 1.54) is 0 Å². The van der Waals surface area contributed by atoms with E-state index in [4.69, 9.17) is 9.84 Å². The summed E-state index contributed by atoms with van der Waals surface area (Å²) in [6.07, 6.45) is 0. The summed E-state index contributed by atoms with van der Waals surface area (Å²) in [4.78, 5) is 10.3. The Hall–Kier alpha value is -2.73. The molecular formula is C16H12O3. The van der Waals surface area contributed by atoms with Crippen molar-refractivity contribution in [3.05, 3.63) is 65.7 Å². The highest BCUT2D eigenvalue weighted by Crippen LogP contribution is 2.12. The number of rotatable bonds is 3. The molecule has 0 radical (unpaired) electrons. The first kappa shape index (κ1) is 12.7. The van der Waals surface area contributed by atoms with Gasteiger partial charge in [-0.2, -0.15) is 0 Å². The average Bonchev–Trinajstić information content (AvgIpc) is 2.45. The topological polar surface area (TPSA) is 46.5 Å². The van der Waals surface area contributed by atoms with Crippen molar-refractivity contribution in [3.8, 4) is 17.6 Å². The molecule has 94 valence electrons. The number of carbonyl (C=O) groups is 1. The number of hydrogen-bond donors (Lipinski definition) is 1. The highest BCUT2D eigenvalue weighted by Gasteiger charge is 1.95. The van der Waals surface area contributed by atoms with Crippen molar-refractivity contribution in [2.24, 2.45) is 0 Å². The van der Waals surface area contributed by atoms with Crippen molar-refractivity contribution in [2.45, 2.75) is 6.61 Å². The Morgan fingerprint density at radius 2 is 1.74 bits per heavy atom. The van der Waals surface area contributed by atoms with Crippen LogP contribution in [0.15, 0.2) is 54.6 Å². The minimum absolute atomic E-state index is 0.469. The first-order valence-electron chi connectivity index (χ1n) is 5.76. The minimum atomic E-state index is -1.13.